The molecule has 1 spiro atoms. The Morgan fingerprint density at radius 1 is 0.929 bits per heavy atom. The maximum Gasteiger partial charge on any atom is 0.0721 e. The predicted molar refractivity (Wildman–Crippen MR) is 124 cm³/mol. The lowest BCUT2D eigenvalue weighted by atomic mass is 9.68. The summed E-state index contributed by atoms with van der Waals surface area (Å²) in [6, 6.07) is 8.71. The Hall–Kier alpha value is -3.12. The van der Waals surface area contributed by atoms with Crippen molar-refractivity contribution in [2.24, 2.45) is 0 Å². The Bertz CT molecular complexity index is 1030. The van der Waals surface area contributed by atoms with Gasteiger partial charge in [-0.1, -0.05) is 98.7 Å². The average Bonchev–Trinajstić information content (AvgIpc) is 3.11. The van der Waals surface area contributed by atoms with Crippen LogP contribution in [0.25, 0.3) is 5.57 Å². The fourth-order valence-electron chi connectivity index (χ4n) is 4.80. The SMILES string of the molecule is C=C/C=C\C1=C(C)C(/C=C\C)=C(C=C)C12C(=C/C=C)/C(=C\C)c1ccccc12. The van der Waals surface area contributed by atoms with Crippen molar-refractivity contribution in [3.05, 3.63) is 138 Å². The Morgan fingerprint density at radius 2 is 1.68 bits per heavy atom. The third-order valence-corrected chi connectivity index (χ3v) is 5.73. The first-order chi connectivity index (χ1) is 13.6. The van der Waals surface area contributed by atoms with Crippen LogP contribution in [0.3, 0.4) is 0 Å². The van der Waals surface area contributed by atoms with Gasteiger partial charge in [0.1, 0.15) is 0 Å². The minimum Gasteiger partial charge on any atom is -0.0991 e. The van der Waals surface area contributed by atoms with Crippen molar-refractivity contribution in [1.82, 2.24) is 0 Å². The molecule has 140 valence electrons. The van der Waals surface area contributed by atoms with E-state index >= 15 is 0 Å². The van der Waals surface area contributed by atoms with Gasteiger partial charge in [-0.3, -0.25) is 0 Å². The molecule has 1 atom stereocenters. The van der Waals surface area contributed by atoms with Crippen LogP contribution in [-0.2, 0) is 5.41 Å². The highest BCUT2D eigenvalue weighted by Gasteiger charge is 2.52. The van der Waals surface area contributed by atoms with Crippen LogP contribution in [0.15, 0.2) is 127 Å². The molecule has 0 saturated carbocycles. The molecule has 0 heterocycles. The molecule has 1 aromatic carbocycles. The van der Waals surface area contributed by atoms with Crippen molar-refractivity contribution >= 4 is 5.57 Å². The third-order valence-electron chi connectivity index (χ3n) is 5.73. The van der Waals surface area contributed by atoms with Crippen LogP contribution in [0.1, 0.15) is 31.9 Å². The average molecular weight is 365 g/mol. The minimum absolute atomic E-state index is 0.382. The first kappa shape index (κ1) is 19.6. The van der Waals surface area contributed by atoms with Crippen LogP contribution in [0.2, 0.25) is 0 Å². The van der Waals surface area contributed by atoms with Gasteiger partial charge >= 0.3 is 0 Å². The van der Waals surface area contributed by atoms with Crippen LogP contribution in [0, 0.1) is 0 Å². The summed E-state index contributed by atoms with van der Waals surface area (Å²) in [6.07, 6.45) is 18.7. The van der Waals surface area contributed by atoms with Crippen molar-refractivity contribution in [2.45, 2.75) is 26.2 Å². The number of fused-ring (bicyclic) bond motifs is 2. The lowest BCUT2D eigenvalue weighted by molar-refractivity contribution is 0.779. The van der Waals surface area contributed by atoms with Crippen LogP contribution in [-0.4, -0.2) is 0 Å². The van der Waals surface area contributed by atoms with E-state index in [1.165, 1.54) is 44.6 Å². The second-order valence-corrected chi connectivity index (χ2v) is 6.98. The molecular formula is C28H28. The predicted octanol–water partition coefficient (Wildman–Crippen LogP) is 7.58. The highest BCUT2D eigenvalue weighted by Crippen LogP contribution is 2.62. The minimum atomic E-state index is -0.382. The summed E-state index contributed by atoms with van der Waals surface area (Å²) in [7, 11) is 0. The van der Waals surface area contributed by atoms with Gasteiger partial charge in [0.25, 0.3) is 0 Å². The molecule has 0 saturated heterocycles. The molecule has 1 unspecified atom stereocenters. The summed E-state index contributed by atoms with van der Waals surface area (Å²) in [5.41, 5.74) is 9.71. The van der Waals surface area contributed by atoms with Gasteiger partial charge in [0.05, 0.1) is 5.41 Å². The largest absolute Gasteiger partial charge is 0.0991 e. The lowest BCUT2D eigenvalue weighted by Gasteiger charge is -2.33. The second-order valence-electron chi connectivity index (χ2n) is 6.98. The van der Waals surface area contributed by atoms with Gasteiger partial charge < -0.3 is 0 Å². The zero-order valence-electron chi connectivity index (χ0n) is 17.1. The number of benzene rings is 1. The molecule has 0 fully saturated rings. The van der Waals surface area contributed by atoms with Gasteiger partial charge in [0.15, 0.2) is 0 Å². The molecule has 0 amide bonds. The topological polar surface area (TPSA) is 0 Å². The molecule has 28 heavy (non-hydrogen) atoms. The zero-order chi connectivity index (χ0) is 20.3. The maximum atomic E-state index is 4.23. The van der Waals surface area contributed by atoms with Crippen LogP contribution in [0.4, 0.5) is 0 Å². The van der Waals surface area contributed by atoms with E-state index in [1.54, 1.807) is 0 Å². The van der Waals surface area contributed by atoms with Gasteiger partial charge in [-0.05, 0) is 65.3 Å². The van der Waals surface area contributed by atoms with Crippen molar-refractivity contribution in [3.8, 4) is 0 Å². The lowest BCUT2D eigenvalue weighted by Crippen LogP contribution is -2.27. The summed E-state index contributed by atoms with van der Waals surface area (Å²) in [6.45, 7) is 18.5. The Labute approximate surface area is 169 Å². The summed E-state index contributed by atoms with van der Waals surface area (Å²) >= 11 is 0. The van der Waals surface area contributed by atoms with Crippen molar-refractivity contribution in [3.63, 3.8) is 0 Å². The highest BCUT2D eigenvalue weighted by molar-refractivity contribution is 5.97. The first-order valence-electron chi connectivity index (χ1n) is 9.73. The van der Waals surface area contributed by atoms with E-state index in [1.807, 2.05) is 24.3 Å². The number of hydrogen-bond acceptors (Lipinski definition) is 0. The van der Waals surface area contributed by atoms with Crippen LogP contribution in [0.5, 0.6) is 0 Å². The first-order valence-corrected chi connectivity index (χ1v) is 9.73. The summed E-state index contributed by atoms with van der Waals surface area (Å²) in [4.78, 5) is 0. The monoisotopic (exact) mass is 364 g/mol. The van der Waals surface area contributed by atoms with E-state index in [4.69, 9.17) is 0 Å². The van der Waals surface area contributed by atoms with Crippen molar-refractivity contribution in [1.29, 1.82) is 0 Å². The molecule has 0 nitrogen and oxygen atoms in total. The Kier molecular flexibility index (Phi) is 5.51. The molecule has 1 aromatic rings. The molecule has 0 aliphatic heterocycles. The van der Waals surface area contributed by atoms with Crippen LogP contribution >= 0.6 is 0 Å². The van der Waals surface area contributed by atoms with E-state index in [0.29, 0.717) is 0 Å². The quantitative estimate of drug-likeness (QED) is 0.472. The normalized spacial score (nSPS) is 24.4. The van der Waals surface area contributed by atoms with E-state index in [9.17, 15) is 0 Å². The van der Waals surface area contributed by atoms with Crippen molar-refractivity contribution < 1.29 is 0 Å². The molecular weight excluding hydrogens is 336 g/mol. The van der Waals surface area contributed by atoms with E-state index in [2.05, 4.69) is 95.2 Å². The summed E-state index contributed by atoms with van der Waals surface area (Å²) < 4.78 is 0. The second kappa shape index (κ2) is 7.86. The van der Waals surface area contributed by atoms with Gasteiger partial charge in [0, 0.05) is 0 Å². The molecule has 0 radical (unpaired) electrons. The zero-order valence-corrected chi connectivity index (χ0v) is 17.1. The molecule has 0 bridgehead atoms. The third kappa shape index (κ3) is 2.52. The molecule has 2 aliphatic rings. The number of hydrogen-bond donors (Lipinski definition) is 0. The van der Waals surface area contributed by atoms with Gasteiger partial charge in [-0.15, -0.1) is 0 Å². The standard InChI is InChI=1S/C28H28/c1-7-12-18-25-20(6)22(15-8-2)24(11-5)28(25)26(16-9-3)21(10-4)23-17-13-14-19-27(23)28/h7-19H,1,3,5H2,2,4,6H3/b15-8-,18-12-,21-10-,26-16+. The van der Waals surface area contributed by atoms with E-state index < -0.39 is 0 Å². The number of allylic oxidation sites excluding steroid dienone is 15. The Morgan fingerprint density at radius 3 is 2.29 bits per heavy atom. The van der Waals surface area contributed by atoms with Gasteiger partial charge in [-0.25, -0.2) is 0 Å². The van der Waals surface area contributed by atoms with Gasteiger partial charge in [0.2, 0.25) is 0 Å². The molecule has 2 aliphatic carbocycles. The van der Waals surface area contributed by atoms with E-state index in [0.717, 1.165) is 0 Å². The molecule has 3 rings (SSSR count). The Balaban J connectivity index is 2.57. The smallest absolute Gasteiger partial charge is 0.0721 e. The molecule has 0 N–H and O–H groups in total. The molecule has 0 aromatic heterocycles. The fourth-order valence-corrected chi connectivity index (χ4v) is 4.80. The summed E-state index contributed by atoms with van der Waals surface area (Å²) in [5.74, 6) is 0. The summed E-state index contributed by atoms with van der Waals surface area (Å²) in [5, 5.41) is 0. The molecule has 0 heteroatoms. The van der Waals surface area contributed by atoms with Crippen molar-refractivity contribution in [2.75, 3.05) is 0 Å². The number of rotatable bonds is 5. The van der Waals surface area contributed by atoms with Crippen LogP contribution < -0.4 is 0 Å². The van der Waals surface area contributed by atoms with E-state index in [-0.39, 0.29) is 5.41 Å². The maximum absolute atomic E-state index is 4.23. The fraction of sp³-hybridized carbons (Fsp3) is 0.143. The van der Waals surface area contributed by atoms with Gasteiger partial charge in [-0.2, -0.15) is 0 Å². The highest BCUT2D eigenvalue weighted by atomic mass is 14.5.